The summed E-state index contributed by atoms with van der Waals surface area (Å²) < 4.78 is 70.2. The lowest BCUT2D eigenvalue weighted by Gasteiger charge is -2.22. The summed E-state index contributed by atoms with van der Waals surface area (Å²) in [6, 6.07) is 18.2. The molecule has 0 radical (unpaired) electrons. The third kappa shape index (κ3) is 6.48. The molecule has 10 nitrogen and oxygen atoms in total. The van der Waals surface area contributed by atoms with E-state index in [1.807, 2.05) is 13.8 Å². The molecule has 1 aliphatic rings. The molecule has 4 aromatic rings. The number of nitrogens with two attached hydrogens (primary N) is 1. The highest BCUT2D eigenvalue weighted by molar-refractivity contribution is 7.89. The number of anilines is 1. The maximum atomic E-state index is 13.6. The molecule has 1 amide bonds. The van der Waals surface area contributed by atoms with E-state index in [4.69, 9.17) is 11.1 Å². The highest BCUT2D eigenvalue weighted by Gasteiger charge is 2.37. The van der Waals surface area contributed by atoms with Crippen LogP contribution in [0.25, 0.3) is 16.8 Å². The molecule has 0 atom stereocenters. The van der Waals surface area contributed by atoms with Gasteiger partial charge in [-0.25, -0.2) is 13.1 Å². The summed E-state index contributed by atoms with van der Waals surface area (Å²) in [5.41, 5.74) is 6.35. The average molecular weight is 640 g/mol. The topological polar surface area (TPSA) is 137 Å². The van der Waals surface area contributed by atoms with Crippen molar-refractivity contribution in [1.82, 2.24) is 19.0 Å². The minimum Gasteiger partial charge on any atom is -0.384 e. The lowest BCUT2D eigenvalue weighted by molar-refractivity contribution is -0.141. The zero-order valence-electron chi connectivity index (χ0n) is 24.6. The van der Waals surface area contributed by atoms with Gasteiger partial charge in [-0.1, -0.05) is 56.3 Å². The number of nitrogen functional groups attached to an aromatic ring is 1. The molecule has 5 rings (SSSR count). The second kappa shape index (κ2) is 12.5. The molecular weight excluding hydrogens is 607 g/mol. The number of amidine groups is 1. The summed E-state index contributed by atoms with van der Waals surface area (Å²) in [6.45, 7) is 6.98. The molecule has 2 heterocycles. The summed E-state index contributed by atoms with van der Waals surface area (Å²) in [5.74, 6) is -1.15. The fourth-order valence-electron chi connectivity index (χ4n) is 5.25. The first kappa shape index (κ1) is 31.9. The van der Waals surface area contributed by atoms with E-state index in [1.165, 1.54) is 28.6 Å². The molecular formula is C31H32F3N7O3S. The fraction of sp³-hybridized carbons (Fsp3) is 0.258. The number of rotatable bonds is 10. The van der Waals surface area contributed by atoms with E-state index in [0.717, 1.165) is 17.8 Å². The van der Waals surface area contributed by atoms with Gasteiger partial charge in [0, 0.05) is 42.5 Å². The number of benzene rings is 3. The second-order valence-corrected chi connectivity index (χ2v) is 12.4. The van der Waals surface area contributed by atoms with Crippen LogP contribution in [0.5, 0.6) is 0 Å². The zero-order chi connectivity index (χ0) is 32.5. The molecule has 0 saturated heterocycles. The quantitative estimate of drug-likeness (QED) is 0.166. The molecule has 0 bridgehead atoms. The number of halogens is 3. The van der Waals surface area contributed by atoms with Crippen LogP contribution in [0, 0.1) is 5.41 Å². The van der Waals surface area contributed by atoms with E-state index in [1.54, 1.807) is 42.5 Å². The molecule has 236 valence electrons. The monoisotopic (exact) mass is 639 g/mol. The van der Waals surface area contributed by atoms with Gasteiger partial charge in [0.25, 0.3) is 5.91 Å². The van der Waals surface area contributed by atoms with Crippen LogP contribution in [-0.4, -0.2) is 65.3 Å². The van der Waals surface area contributed by atoms with Gasteiger partial charge in [0.1, 0.15) is 11.5 Å². The highest BCUT2D eigenvalue weighted by Crippen LogP contribution is 2.38. The lowest BCUT2D eigenvalue weighted by atomic mass is 10.0. The molecule has 1 aliphatic heterocycles. The van der Waals surface area contributed by atoms with Gasteiger partial charge in [0.2, 0.25) is 10.0 Å². The Morgan fingerprint density at radius 1 is 1.04 bits per heavy atom. The van der Waals surface area contributed by atoms with Crippen LogP contribution in [0.1, 0.15) is 41.2 Å². The molecule has 45 heavy (non-hydrogen) atoms. The van der Waals surface area contributed by atoms with Crippen LogP contribution in [0.2, 0.25) is 0 Å². The van der Waals surface area contributed by atoms with E-state index >= 15 is 0 Å². The van der Waals surface area contributed by atoms with E-state index in [-0.39, 0.29) is 39.9 Å². The standard InChI is InChI=1S/C31H32F3N7O3S/c1-3-39(4-2)15-16-40-19-22-8-6-10-25(28(22)45(40,43)44)20-11-13-23(14-12-20)37-30(42)26-18-27(31(32,33)34)38-41(26)24-9-5-7-21(17-24)29(35)36/h5-14,17-18H,3-4,15-16,19H2,1-2H3,(H3,35,36)(H,37,42). The Kier molecular flexibility index (Phi) is 8.83. The summed E-state index contributed by atoms with van der Waals surface area (Å²) in [4.78, 5) is 15.7. The fourth-order valence-corrected chi connectivity index (χ4v) is 7.07. The van der Waals surface area contributed by atoms with Gasteiger partial charge in [-0.2, -0.15) is 22.6 Å². The minimum absolute atomic E-state index is 0.115. The lowest BCUT2D eigenvalue weighted by Crippen LogP contribution is -2.35. The average Bonchev–Trinajstić information content (AvgIpc) is 3.58. The Morgan fingerprint density at radius 2 is 1.73 bits per heavy atom. The number of hydrogen-bond donors (Lipinski definition) is 3. The number of nitrogens with zero attached hydrogens (tertiary/aromatic N) is 4. The van der Waals surface area contributed by atoms with Crippen LogP contribution >= 0.6 is 0 Å². The number of aromatic nitrogens is 2. The summed E-state index contributed by atoms with van der Waals surface area (Å²) >= 11 is 0. The molecule has 14 heteroatoms. The Bertz CT molecular complexity index is 1850. The second-order valence-electron chi connectivity index (χ2n) is 10.5. The number of sulfonamides is 1. The maximum absolute atomic E-state index is 13.6. The summed E-state index contributed by atoms with van der Waals surface area (Å²) in [6.07, 6.45) is -4.81. The third-order valence-corrected chi connectivity index (χ3v) is 9.68. The predicted molar refractivity (Wildman–Crippen MR) is 165 cm³/mol. The van der Waals surface area contributed by atoms with Crippen LogP contribution in [0.15, 0.2) is 77.7 Å². The largest absolute Gasteiger partial charge is 0.435 e. The van der Waals surface area contributed by atoms with Gasteiger partial charge in [0.15, 0.2) is 5.69 Å². The van der Waals surface area contributed by atoms with Gasteiger partial charge in [-0.05, 0) is 48.5 Å². The number of fused-ring (bicyclic) bond motifs is 1. The Hall–Kier alpha value is -4.53. The summed E-state index contributed by atoms with van der Waals surface area (Å²) in [5, 5.41) is 13.8. The van der Waals surface area contributed by atoms with Gasteiger partial charge < -0.3 is 16.0 Å². The number of hydrogen-bond acceptors (Lipinski definition) is 6. The number of alkyl halides is 3. The molecule has 1 aromatic heterocycles. The van der Waals surface area contributed by atoms with Crippen molar-refractivity contribution in [3.8, 4) is 16.8 Å². The van der Waals surface area contributed by atoms with Crippen molar-refractivity contribution in [2.24, 2.45) is 5.73 Å². The molecule has 0 fully saturated rings. The molecule has 4 N–H and O–H groups in total. The van der Waals surface area contributed by atoms with Crippen molar-refractivity contribution in [2.45, 2.75) is 31.5 Å². The number of nitrogens with one attached hydrogen (secondary N) is 2. The molecule has 0 spiro atoms. The highest BCUT2D eigenvalue weighted by atomic mass is 32.2. The predicted octanol–water partition coefficient (Wildman–Crippen LogP) is 4.94. The van der Waals surface area contributed by atoms with Gasteiger partial charge in [-0.3, -0.25) is 10.2 Å². The third-order valence-electron chi connectivity index (χ3n) is 7.69. The zero-order valence-corrected chi connectivity index (χ0v) is 25.4. The van der Waals surface area contributed by atoms with Crippen molar-refractivity contribution in [2.75, 3.05) is 31.5 Å². The van der Waals surface area contributed by atoms with E-state index in [9.17, 15) is 26.4 Å². The molecule has 0 saturated carbocycles. The SMILES string of the molecule is CCN(CC)CCN1Cc2cccc(-c3ccc(NC(=O)c4cc(C(F)(F)F)nn4-c4cccc(C(=N)N)c4)cc3)c2S1(=O)=O. The van der Waals surface area contributed by atoms with Gasteiger partial charge >= 0.3 is 6.18 Å². The first-order valence-corrected chi connectivity index (χ1v) is 15.7. The van der Waals surface area contributed by atoms with Crippen molar-refractivity contribution in [1.29, 1.82) is 5.41 Å². The normalized spacial score (nSPS) is 14.4. The number of carbonyl (C=O) groups excluding carboxylic acids is 1. The van der Waals surface area contributed by atoms with Crippen LogP contribution in [-0.2, 0) is 22.7 Å². The van der Waals surface area contributed by atoms with E-state index in [0.29, 0.717) is 35.8 Å². The number of amides is 1. The number of likely N-dealkylation sites (N-methyl/N-ethyl adjacent to an activating group) is 1. The first-order chi connectivity index (χ1) is 21.3. The smallest absolute Gasteiger partial charge is 0.384 e. The molecule has 3 aromatic carbocycles. The summed E-state index contributed by atoms with van der Waals surface area (Å²) in [7, 11) is -3.74. The Balaban J connectivity index is 1.40. The first-order valence-electron chi connectivity index (χ1n) is 14.2. The molecule has 0 aliphatic carbocycles. The van der Waals surface area contributed by atoms with Crippen LogP contribution in [0.4, 0.5) is 18.9 Å². The Morgan fingerprint density at radius 3 is 2.38 bits per heavy atom. The maximum Gasteiger partial charge on any atom is 0.435 e. The van der Waals surface area contributed by atoms with Crippen molar-refractivity contribution >= 4 is 27.5 Å². The van der Waals surface area contributed by atoms with E-state index in [2.05, 4.69) is 15.3 Å². The van der Waals surface area contributed by atoms with Crippen LogP contribution in [0.3, 0.4) is 0 Å². The van der Waals surface area contributed by atoms with Crippen molar-refractivity contribution in [3.05, 3.63) is 95.3 Å². The van der Waals surface area contributed by atoms with Gasteiger partial charge in [0.05, 0.1) is 10.6 Å². The Labute approximate surface area is 258 Å². The van der Waals surface area contributed by atoms with Gasteiger partial charge in [-0.15, -0.1) is 0 Å². The van der Waals surface area contributed by atoms with Crippen molar-refractivity contribution in [3.63, 3.8) is 0 Å². The van der Waals surface area contributed by atoms with Crippen molar-refractivity contribution < 1.29 is 26.4 Å². The number of carbonyl (C=O) groups is 1. The molecule has 0 unspecified atom stereocenters. The minimum atomic E-state index is -4.81. The van der Waals surface area contributed by atoms with Crippen LogP contribution < -0.4 is 11.1 Å². The van der Waals surface area contributed by atoms with E-state index < -0.39 is 27.8 Å².